The maximum atomic E-state index is 3.83. The topological polar surface area (TPSA) is 0 Å². The fourth-order valence-electron chi connectivity index (χ4n) is 0.906. The molecule has 50 valence electrons. The molecule has 1 rings (SSSR count). The van der Waals surface area contributed by atoms with E-state index in [4.69, 9.17) is 0 Å². The van der Waals surface area contributed by atoms with Crippen LogP contribution in [0.5, 0.6) is 0 Å². The van der Waals surface area contributed by atoms with Crippen molar-refractivity contribution in [2.24, 2.45) is 0 Å². The van der Waals surface area contributed by atoms with E-state index in [9.17, 15) is 0 Å². The molecule has 0 unspecified atom stereocenters. The monoisotopic (exact) mass is 130 g/mol. The highest BCUT2D eigenvalue weighted by atomic mass is 14.0. The van der Waals surface area contributed by atoms with Crippen molar-refractivity contribution in [2.45, 2.75) is 13.8 Å². The van der Waals surface area contributed by atoms with E-state index in [1.807, 2.05) is 26.0 Å². The van der Waals surface area contributed by atoms with Gasteiger partial charge in [-0.2, -0.15) is 0 Å². The molecule has 0 aliphatic rings. The van der Waals surface area contributed by atoms with E-state index in [0.29, 0.717) is 0 Å². The maximum absolute atomic E-state index is 3.83. The van der Waals surface area contributed by atoms with Gasteiger partial charge in [0, 0.05) is 5.56 Å². The average molecular weight is 130 g/mol. The van der Waals surface area contributed by atoms with Gasteiger partial charge in [-0.15, -0.1) is 0 Å². The summed E-state index contributed by atoms with van der Waals surface area (Å²) >= 11 is 0. The van der Waals surface area contributed by atoms with Gasteiger partial charge in [0.15, 0.2) is 0 Å². The second kappa shape index (κ2) is 2.58. The van der Waals surface area contributed by atoms with Crippen LogP contribution in [0.15, 0.2) is 18.7 Å². The summed E-state index contributed by atoms with van der Waals surface area (Å²) in [6.45, 7) is 7.86. The molecule has 10 heavy (non-hydrogen) atoms. The van der Waals surface area contributed by atoms with Crippen molar-refractivity contribution in [2.75, 3.05) is 0 Å². The summed E-state index contributed by atoms with van der Waals surface area (Å²) < 4.78 is 0. The van der Waals surface area contributed by atoms with Crippen LogP contribution in [-0.4, -0.2) is 0 Å². The number of rotatable bonds is 1. The third kappa shape index (κ3) is 1.19. The molecule has 0 atom stereocenters. The Hall–Kier alpha value is -1.22. The van der Waals surface area contributed by atoms with Crippen molar-refractivity contribution >= 4 is 5.57 Å². The fraction of sp³-hybridized carbons (Fsp3) is 0.200. The molecule has 0 aliphatic heterocycles. The second-order valence-electron chi connectivity index (χ2n) is 2.44. The Kier molecular flexibility index (Phi) is 1.78. The third-order valence-electron chi connectivity index (χ3n) is 1.43. The van der Waals surface area contributed by atoms with E-state index in [0.717, 1.165) is 11.1 Å². The van der Waals surface area contributed by atoms with E-state index in [1.54, 1.807) is 0 Å². The highest BCUT2D eigenvalue weighted by Gasteiger charge is 1.93. The minimum atomic E-state index is 1.05. The molecule has 0 bridgehead atoms. The molecule has 0 aromatic heterocycles. The first-order chi connectivity index (χ1) is 4.72. The first-order valence-electron chi connectivity index (χ1n) is 3.26. The quantitative estimate of drug-likeness (QED) is 0.548. The lowest BCUT2D eigenvalue weighted by molar-refractivity contribution is 1.42. The standard InChI is InChI=1S/C10H10/c1-8(2)10-7-5-4-6-9(10)3/h4,6H,1H2,2-3H3. The van der Waals surface area contributed by atoms with Crippen molar-refractivity contribution < 1.29 is 0 Å². The zero-order chi connectivity index (χ0) is 7.56. The van der Waals surface area contributed by atoms with Crippen LogP contribution in [-0.2, 0) is 0 Å². The summed E-state index contributed by atoms with van der Waals surface area (Å²) in [6, 6.07) is 9.79. The van der Waals surface area contributed by atoms with Gasteiger partial charge in [0.25, 0.3) is 0 Å². The van der Waals surface area contributed by atoms with E-state index >= 15 is 0 Å². The van der Waals surface area contributed by atoms with E-state index < -0.39 is 0 Å². The highest BCUT2D eigenvalue weighted by molar-refractivity contribution is 5.62. The summed E-state index contributed by atoms with van der Waals surface area (Å²) in [5, 5.41) is 0. The molecule has 0 spiro atoms. The Morgan fingerprint density at radius 2 is 2.30 bits per heavy atom. The van der Waals surface area contributed by atoms with Crippen LogP contribution in [0.25, 0.3) is 5.57 Å². The van der Waals surface area contributed by atoms with Gasteiger partial charge < -0.3 is 0 Å². The van der Waals surface area contributed by atoms with Crippen molar-refractivity contribution in [3.05, 3.63) is 42.0 Å². The van der Waals surface area contributed by atoms with Gasteiger partial charge in [-0.1, -0.05) is 18.7 Å². The van der Waals surface area contributed by atoms with Crippen LogP contribution < -0.4 is 0 Å². The van der Waals surface area contributed by atoms with Crippen molar-refractivity contribution in [3.63, 3.8) is 0 Å². The van der Waals surface area contributed by atoms with Crippen molar-refractivity contribution in [1.82, 2.24) is 0 Å². The van der Waals surface area contributed by atoms with E-state index in [-0.39, 0.29) is 0 Å². The lowest BCUT2D eigenvalue weighted by atomic mass is 10.1. The molecule has 0 saturated carbocycles. The molecule has 0 heterocycles. The van der Waals surface area contributed by atoms with Crippen LogP contribution in [0.4, 0.5) is 0 Å². The Labute approximate surface area is 62.2 Å². The van der Waals surface area contributed by atoms with Crippen molar-refractivity contribution in [3.8, 4) is 0 Å². The molecule has 1 aromatic rings. The van der Waals surface area contributed by atoms with Crippen molar-refractivity contribution in [1.29, 1.82) is 0 Å². The smallest absolute Gasteiger partial charge is 0.0301 e. The van der Waals surface area contributed by atoms with Crippen LogP contribution in [0, 0.1) is 19.1 Å². The van der Waals surface area contributed by atoms with Gasteiger partial charge in [0.1, 0.15) is 0 Å². The highest BCUT2D eigenvalue weighted by Crippen LogP contribution is 2.11. The van der Waals surface area contributed by atoms with Gasteiger partial charge in [0.2, 0.25) is 0 Å². The molecular formula is C10H10. The van der Waals surface area contributed by atoms with Gasteiger partial charge in [-0.3, -0.25) is 0 Å². The van der Waals surface area contributed by atoms with Gasteiger partial charge in [-0.25, -0.2) is 0 Å². The summed E-state index contributed by atoms with van der Waals surface area (Å²) in [6.07, 6.45) is 0. The summed E-state index contributed by atoms with van der Waals surface area (Å²) in [4.78, 5) is 0. The number of hydrogen-bond acceptors (Lipinski definition) is 0. The van der Waals surface area contributed by atoms with Crippen LogP contribution in [0.2, 0.25) is 0 Å². The Balaban J connectivity index is 3.15. The molecule has 0 saturated heterocycles. The summed E-state index contributed by atoms with van der Waals surface area (Å²) in [5.41, 5.74) is 3.35. The molecule has 0 aliphatic carbocycles. The van der Waals surface area contributed by atoms with Gasteiger partial charge >= 0.3 is 0 Å². The Bertz CT molecular complexity index is 246. The summed E-state index contributed by atoms with van der Waals surface area (Å²) in [7, 11) is 0. The normalized spacial score (nSPS) is 8.60. The largest absolute Gasteiger partial charge is 0.0949 e. The molecule has 0 N–H and O–H groups in total. The van der Waals surface area contributed by atoms with E-state index in [2.05, 4.69) is 18.7 Å². The zero-order valence-electron chi connectivity index (χ0n) is 6.36. The Morgan fingerprint density at radius 1 is 1.60 bits per heavy atom. The SMILES string of the molecule is C=C(C)c1c#cccc1C. The maximum Gasteiger partial charge on any atom is 0.0301 e. The zero-order valence-corrected chi connectivity index (χ0v) is 6.36. The van der Waals surface area contributed by atoms with Gasteiger partial charge in [-0.05, 0) is 37.1 Å². The first kappa shape index (κ1) is 6.89. The summed E-state index contributed by atoms with van der Waals surface area (Å²) in [5.74, 6) is 0. The molecule has 0 amide bonds. The molecular weight excluding hydrogens is 120 g/mol. The Morgan fingerprint density at radius 3 is 2.70 bits per heavy atom. The lowest BCUT2D eigenvalue weighted by Gasteiger charge is -1.97. The molecule has 0 radical (unpaired) electrons. The predicted octanol–water partition coefficient (Wildman–Crippen LogP) is 2.63. The van der Waals surface area contributed by atoms with Crippen LogP contribution in [0.1, 0.15) is 18.1 Å². The number of allylic oxidation sites excluding steroid dienone is 1. The first-order valence-corrected chi connectivity index (χ1v) is 3.26. The molecule has 0 heteroatoms. The average Bonchev–Trinajstić information content (AvgIpc) is 1.88. The minimum absolute atomic E-state index is 1.05. The lowest BCUT2D eigenvalue weighted by Crippen LogP contribution is -1.79. The van der Waals surface area contributed by atoms with Gasteiger partial charge in [0.05, 0.1) is 0 Å². The molecule has 0 fully saturated rings. The van der Waals surface area contributed by atoms with Crippen LogP contribution in [0.3, 0.4) is 0 Å². The molecule has 1 aromatic carbocycles. The molecule has 0 nitrogen and oxygen atoms in total. The second-order valence-corrected chi connectivity index (χ2v) is 2.44. The third-order valence-corrected chi connectivity index (χ3v) is 1.43. The van der Waals surface area contributed by atoms with Crippen LogP contribution >= 0.6 is 0 Å². The number of hydrogen-bond donors (Lipinski definition) is 0. The van der Waals surface area contributed by atoms with E-state index in [1.165, 1.54) is 5.56 Å². The fourth-order valence-corrected chi connectivity index (χ4v) is 0.906. The number of aryl methyl sites for hydroxylation is 1. The minimum Gasteiger partial charge on any atom is -0.0949 e. The predicted molar refractivity (Wildman–Crippen MR) is 43.6 cm³/mol.